The Morgan fingerprint density at radius 2 is 1.88 bits per heavy atom. The number of nitro benzene ring substituents is 1. The van der Waals surface area contributed by atoms with Crippen LogP contribution in [-0.4, -0.2) is 23.1 Å². The molecule has 0 unspecified atom stereocenters. The van der Waals surface area contributed by atoms with Crippen LogP contribution in [0, 0.1) is 10.1 Å². The van der Waals surface area contributed by atoms with Crippen molar-refractivity contribution in [3.63, 3.8) is 0 Å². The lowest BCUT2D eigenvalue weighted by Gasteiger charge is -2.06. The summed E-state index contributed by atoms with van der Waals surface area (Å²) >= 11 is 13.2. The van der Waals surface area contributed by atoms with Crippen molar-refractivity contribution in [3.8, 4) is 0 Å². The zero-order valence-electron chi connectivity index (χ0n) is 12.5. The van der Waals surface area contributed by atoms with Crippen LogP contribution in [0.15, 0.2) is 42.5 Å². The van der Waals surface area contributed by atoms with Gasteiger partial charge in [-0.05, 0) is 29.8 Å². The van der Waals surface area contributed by atoms with Crippen molar-refractivity contribution in [1.82, 2.24) is 5.32 Å². The Morgan fingerprint density at radius 1 is 1.17 bits per heavy atom. The quantitative estimate of drug-likeness (QED) is 0.431. The Labute approximate surface area is 153 Å². The molecule has 2 rings (SSSR count). The first kappa shape index (κ1) is 18.6. The molecule has 0 saturated heterocycles. The fraction of sp³-hybridized carbons (Fsp3) is 0.188. The number of nitro groups is 1. The molecule has 1 amide bonds. The molecule has 126 valence electrons. The topological polar surface area (TPSA) is 72.2 Å². The molecule has 8 heteroatoms. The third kappa shape index (κ3) is 5.40. The number of nitrogens with one attached hydrogen (secondary N) is 1. The minimum absolute atomic E-state index is 0.00932. The molecule has 0 fully saturated rings. The molecule has 0 radical (unpaired) electrons. The maximum Gasteiger partial charge on any atom is 0.288 e. The average molecular weight is 385 g/mol. The van der Waals surface area contributed by atoms with Gasteiger partial charge in [0.2, 0.25) is 0 Å². The molecule has 0 spiro atoms. The molecule has 0 aliphatic carbocycles. The molecule has 0 aliphatic heterocycles. The number of nitrogens with zero attached hydrogens (tertiary/aromatic N) is 1. The first-order chi connectivity index (χ1) is 11.5. The Kier molecular flexibility index (Phi) is 6.90. The van der Waals surface area contributed by atoms with Crippen LogP contribution in [0.3, 0.4) is 0 Å². The summed E-state index contributed by atoms with van der Waals surface area (Å²) in [6.07, 6.45) is 0. The van der Waals surface area contributed by atoms with Crippen LogP contribution < -0.4 is 5.32 Å². The second-order valence-electron chi connectivity index (χ2n) is 4.86. The summed E-state index contributed by atoms with van der Waals surface area (Å²) in [5.74, 6) is 1.19. The predicted molar refractivity (Wildman–Crippen MR) is 98.1 cm³/mol. The summed E-state index contributed by atoms with van der Waals surface area (Å²) in [6, 6.07) is 11.6. The molecular weight excluding hydrogens is 371 g/mol. The second kappa shape index (κ2) is 8.92. The standard InChI is InChI=1S/C16H14Cl2N2O3S/c17-13-4-1-11(2-5-13)10-24-8-7-19-16(21)12-3-6-14(18)15(9-12)20(22)23/h1-6,9H,7-8,10H2,(H,19,21). The zero-order valence-corrected chi connectivity index (χ0v) is 14.8. The van der Waals surface area contributed by atoms with Gasteiger partial charge in [0.1, 0.15) is 5.02 Å². The van der Waals surface area contributed by atoms with Crippen molar-refractivity contribution in [2.75, 3.05) is 12.3 Å². The van der Waals surface area contributed by atoms with Gasteiger partial charge in [-0.15, -0.1) is 0 Å². The number of hydrogen-bond donors (Lipinski definition) is 1. The highest BCUT2D eigenvalue weighted by atomic mass is 35.5. The average Bonchev–Trinajstić information content (AvgIpc) is 2.56. The van der Waals surface area contributed by atoms with Gasteiger partial charge in [-0.3, -0.25) is 14.9 Å². The van der Waals surface area contributed by atoms with Crippen molar-refractivity contribution in [2.24, 2.45) is 0 Å². The largest absolute Gasteiger partial charge is 0.351 e. The van der Waals surface area contributed by atoms with Crippen molar-refractivity contribution < 1.29 is 9.72 Å². The highest BCUT2D eigenvalue weighted by Crippen LogP contribution is 2.25. The highest BCUT2D eigenvalue weighted by Gasteiger charge is 2.15. The van der Waals surface area contributed by atoms with Gasteiger partial charge in [-0.2, -0.15) is 11.8 Å². The van der Waals surface area contributed by atoms with E-state index in [9.17, 15) is 14.9 Å². The van der Waals surface area contributed by atoms with Gasteiger partial charge >= 0.3 is 0 Å². The number of amides is 1. The maximum absolute atomic E-state index is 12.0. The summed E-state index contributed by atoms with van der Waals surface area (Å²) in [5, 5.41) is 14.3. The van der Waals surface area contributed by atoms with Crippen LogP contribution in [0.4, 0.5) is 5.69 Å². The predicted octanol–water partition coefficient (Wildman–Crippen LogP) is 4.56. The van der Waals surface area contributed by atoms with Gasteiger partial charge < -0.3 is 5.32 Å². The molecule has 5 nitrogen and oxygen atoms in total. The Balaban J connectivity index is 1.78. The fourth-order valence-corrected chi connectivity index (χ4v) is 3.03. The minimum atomic E-state index is -0.610. The summed E-state index contributed by atoms with van der Waals surface area (Å²) in [4.78, 5) is 22.2. The molecule has 0 heterocycles. The first-order valence-corrected chi connectivity index (χ1v) is 8.93. The lowest BCUT2D eigenvalue weighted by molar-refractivity contribution is -0.384. The van der Waals surface area contributed by atoms with Crippen LogP contribution in [0.1, 0.15) is 15.9 Å². The third-order valence-electron chi connectivity index (χ3n) is 3.12. The lowest BCUT2D eigenvalue weighted by Crippen LogP contribution is -2.25. The molecule has 1 N–H and O–H groups in total. The number of benzene rings is 2. The van der Waals surface area contributed by atoms with E-state index >= 15 is 0 Å². The Morgan fingerprint density at radius 3 is 2.54 bits per heavy atom. The SMILES string of the molecule is O=C(NCCSCc1ccc(Cl)cc1)c1ccc(Cl)c([N+](=O)[O-])c1. The number of carbonyl (C=O) groups excluding carboxylic acids is 1. The lowest BCUT2D eigenvalue weighted by atomic mass is 10.2. The summed E-state index contributed by atoms with van der Waals surface area (Å²) in [6.45, 7) is 0.466. The van der Waals surface area contributed by atoms with Crippen LogP contribution in [0.25, 0.3) is 0 Å². The number of rotatable bonds is 7. The number of hydrogen-bond acceptors (Lipinski definition) is 4. The molecular formula is C16H14Cl2N2O3S. The van der Waals surface area contributed by atoms with Crippen LogP contribution in [-0.2, 0) is 5.75 Å². The minimum Gasteiger partial charge on any atom is -0.351 e. The summed E-state index contributed by atoms with van der Waals surface area (Å²) in [7, 11) is 0. The molecule has 24 heavy (non-hydrogen) atoms. The van der Waals surface area contributed by atoms with Crippen LogP contribution in [0.5, 0.6) is 0 Å². The van der Waals surface area contributed by atoms with Gasteiger partial charge in [0.15, 0.2) is 0 Å². The van der Waals surface area contributed by atoms with Gasteiger partial charge in [0.25, 0.3) is 11.6 Å². The monoisotopic (exact) mass is 384 g/mol. The molecule has 0 aliphatic rings. The van der Waals surface area contributed by atoms with E-state index in [1.165, 1.54) is 18.2 Å². The summed E-state index contributed by atoms with van der Waals surface area (Å²) in [5.41, 5.74) is 1.10. The molecule has 0 aromatic heterocycles. The van der Waals surface area contributed by atoms with Gasteiger partial charge in [-0.25, -0.2) is 0 Å². The van der Waals surface area contributed by atoms with Crippen molar-refractivity contribution >= 4 is 46.6 Å². The van der Waals surface area contributed by atoms with Gasteiger partial charge in [0, 0.05) is 34.7 Å². The normalized spacial score (nSPS) is 10.4. The van der Waals surface area contributed by atoms with Crippen LogP contribution >= 0.6 is 35.0 Å². The zero-order chi connectivity index (χ0) is 17.5. The van der Waals surface area contributed by atoms with E-state index in [-0.39, 0.29) is 22.2 Å². The Bertz CT molecular complexity index is 739. The van der Waals surface area contributed by atoms with Gasteiger partial charge in [-0.1, -0.05) is 35.3 Å². The first-order valence-electron chi connectivity index (χ1n) is 7.01. The van der Waals surface area contributed by atoms with E-state index < -0.39 is 4.92 Å². The highest BCUT2D eigenvalue weighted by molar-refractivity contribution is 7.98. The molecule has 2 aromatic rings. The van der Waals surface area contributed by atoms with E-state index in [0.29, 0.717) is 11.6 Å². The number of halogens is 2. The fourth-order valence-electron chi connectivity index (χ4n) is 1.90. The molecule has 0 bridgehead atoms. The molecule has 2 aromatic carbocycles. The van der Waals surface area contributed by atoms with E-state index in [2.05, 4.69) is 5.32 Å². The second-order valence-corrected chi connectivity index (χ2v) is 6.81. The molecule has 0 atom stereocenters. The van der Waals surface area contributed by atoms with Crippen LogP contribution in [0.2, 0.25) is 10.0 Å². The van der Waals surface area contributed by atoms with E-state index in [1.54, 1.807) is 11.8 Å². The number of thioether (sulfide) groups is 1. The van der Waals surface area contributed by atoms with Crippen molar-refractivity contribution in [1.29, 1.82) is 0 Å². The smallest absolute Gasteiger partial charge is 0.288 e. The third-order valence-corrected chi connectivity index (χ3v) is 4.72. The maximum atomic E-state index is 12.0. The summed E-state index contributed by atoms with van der Waals surface area (Å²) < 4.78 is 0. The van der Waals surface area contributed by atoms with Gasteiger partial charge in [0.05, 0.1) is 4.92 Å². The van der Waals surface area contributed by atoms with Crippen molar-refractivity contribution in [2.45, 2.75) is 5.75 Å². The number of carbonyl (C=O) groups is 1. The van der Waals surface area contributed by atoms with E-state index in [1.807, 2.05) is 24.3 Å². The molecule has 0 saturated carbocycles. The Hall–Kier alpha value is -1.76. The van der Waals surface area contributed by atoms with E-state index in [4.69, 9.17) is 23.2 Å². The van der Waals surface area contributed by atoms with Crippen molar-refractivity contribution in [3.05, 3.63) is 73.8 Å². The van der Waals surface area contributed by atoms with E-state index in [0.717, 1.165) is 17.1 Å².